The van der Waals surface area contributed by atoms with Crippen molar-refractivity contribution in [3.8, 4) is 0 Å². The van der Waals surface area contributed by atoms with E-state index in [1.54, 1.807) is 0 Å². The van der Waals surface area contributed by atoms with Crippen molar-refractivity contribution in [3.63, 3.8) is 0 Å². The van der Waals surface area contributed by atoms with E-state index in [0.717, 1.165) is 125 Å². The first kappa shape index (κ1) is 113. The molecule has 1 aliphatic carbocycles. The molecule has 14 aromatic rings. The molecular formula is C129H140Br4Cl4N5Ru2-3. The molecule has 3 unspecified atom stereocenters. The van der Waals surface area contributed by atoms with Gasteiger partial charge in [-0.2, -0.15) is 0 Å². The number of nitrogens with zero attached hydrogens (tertiary/aromatic N) is 5. The van der Waals surface area contributed by atoms with E-state index >= 15 is 0 Å². The van der Waals surface area contributed by atoms with Crippen LogP contribution in [0, 0.1) is 19.6 Å². The quantitative estimate of drug-likeness (QED) is 0.0376. The van der Waals surface area contributed by atoms with Crippen molar-refractivity contribution in [2.75, 3.05) is 14.7 Å². The van der Waals surface area contributed by atoms with Crippen LogP contribution >= 0.6 is 102 Å². The van der Waals surface area contributed by atoms with E-state index < -0.39 is 27.0 Å². The number of anilines is 3. The number of rotatable bonds is 27. The summed E-state index contributed by atoms with van der Waals surface area (Å²) in [6, 6.07) is 123. The average molecular weight is 2420 g/mol. The van der Waals surface area contributed by atoms with Crippen LogP contribution < -0.4 is 14.7 Å². The van der Waals surface area contributed by atoms with Crippen LogP contribution in [-0.2, 0) is 121 Å². The maximum absolute atomic E-state index is 6.19. The average Bonchev–Trinajstić information content (AvgIpc) is 1.60. The monoisotopic (exact) mass is 2420 g/mol. The van der Waals surface area contributed by atoms with Crippen LogP contribution in [0.5, 0.6) is 0 Å². The second-order valence-electron chi connectivity index (χ2n) is 40.4. The Kier molecular flexibility index (Phi) is 41.5. The minimum atomic E-state index is -1.88. The molecule has 5 nitrogen and oxygen atoms in total. The Balaban J connectivity index is 0.000000145. The van der Waals surface area contributed by atoms with E-state index in [1.807, 2.05) is 41.0 Å². The predicted octanol–water partition coefficient (Wildman–Crippen LogP) is 36.9. The molecule has 0 aromatic heterocycles. The number of para-hydroxylation sites is 3. The summed E-state index contributed by atoms with van der Waals surface area (Å²) in [6.07, 6.45) is 13.9. The summed E-state index contributed by atoms with van der Waals surface area (Å²) in [5.74, 6) is 0. The Bertz CT molecular complexity index is 6170. The third-order valence-corrected chi connectivity index (χ3v) is 35.1. The van der Waals surface area contributed by atoms with Gasteiger partial charge >= 0.3 is 318 Å². The van der Waals surface area contributed by atoms with Gasteiger partial charge in [0.15, 0.2) is 0 Å². The summed E-state index contributed by atoms with van der Waals surface area (Å²) < 4.78 is 7.56. The molecule has 14 aromatic carbocycles. The standard InChI is InChI=1S/C23H21Br2N.3C23H30N.C22H19Br2N.C15H10.4ClH.2Ru/c1-2-20-5-3-4-6-21(20)17-26(15-18-7-11-22(24)12-8-18)16-19-9-13-23(25)14-10-19;3*1-6-18-12-11-13-19(7-2)21(18)24-17-23(5,16-22(24,3)4)20-14-9-8-10-15-20;1-17-4-2-3-5-20(17)16-25(14-18-6-10-21(23)11-7-18)15-19-8-12-22(24)13-9-19;1-2-6-12(7-3-1)15-11-10-13-8-4-5-9-14(13)15;;;;;;/h2-14H,1,15-17H2;3*8-15,17H,6-7,16H2,1-5H3;1-13H,14-16H2;1-9,11H;4*1H;;/q;3*-1;;;;;;;2*+2/p-4. The molecule has 3 heterocycles. The first-order chi connectivity index (χ1) is 69.1. The Morgan fingerprint density at radius 2 is 0.562 bits per heavy atom. The Morgan fingerprint density at radius 3 is 0.847 bits per heavy atom. The summed E-state index contributed by atoms with van der Waals surface area (Å²) in [5.41, 5.74) is 32.8. The second kappa shape index (κ2) is 52.9. The second-order valence-corrected chi connectivity index (χ2v) is 55.6. The van der Waals surface area contributed by atoms with Crippen LogP contribution in [-0.4, -0.2) is 35.1 Å². The molecule has 0 saturated carbocycles. The van der Waals surface area contributed by atoms with Crippen LogP contribution in [0.3, 0.4) is 0 Å². The van der Waals surface area contributed by atoms with Gasteiger partial charge in [-0.15, -0.1) is 16.2 Å². The first-order valence-corrected chi connectivity index (χ1v) is 64.4. The van der Waals surface area contributed by atoms with Crippen molar-refractivity contribution in [2.45, 2.75) is 234 Å². The van der Waals surface area contributed by atoms with Gasteiger partial charge < -0.3 is 14.7 Å². The molecule has 0 bridgehead atoms. The molecular weight excluding hydrogens is 2280 g/mol. The van der Waals surface area contributed by atoms with E-state index in [2.05, 4.69) is 540 Å². The van der Waals surface area contributed by atoms with Crippen molar-refractivity contribution in [3.05, 3.63) is 507 Å². The van der Waals surface area contributed by atoms with Crippen LogP contribution in [0.2, 0.25) is 0 Å². The summed E-state index contributed by atoms with van der Waals surface area (Å²) in [7, 11) is 24.7. The molecule has 144 heavy (non-hydrogen) atoms. The van der Waals surface area contributed by atoms with Gasteiger partial charge in [-0.25, -0.2) is 19.6 Å². The van der Waals surface area contributed by atoms with Gasteiger partial charge in [0.25, 0.3) is 0 Å². The molecule has 3 atom stereocenters. The molecule has 3 saturated heterocycles. The third kappa shape index (κ3) is 29.8. The summed E-state index contributed by atoms with van der Waals surface area (Å²) in [5, 5.41) is 0. The van der Waals surface area contributed by atoms with Gasteiger partial charge in [0.1, 0.15) is 0 Å². The third-order valence-electron chi connectivity index (χ3n) is 28.1. The molecule has 4 aliphatic rings. The van der Waals surface area contributed by atoms with Gasteiger partial charge in [0, 0.05) is 62.3 Å². The molecule has 0 N–H and O–H groups in total. The molecule has 0 radical (unpaired) electrons. The van der Waals surface area contributed by atoms with Crippen molar-refractivity contribution in [1.82, 2.24) is 9.80 Å². The molecule has 756 valence electrons. The van der Waals surface area contributed by atoms with Crippen LogP contribution in [0.1, 0.15) is 234 Å². The van der Waals surface area contributed by atoms with Crippen molar-refractivity contribution in [1.29, 1.82) is 0 Å². The van der Waals surface area contributed by atoms with Crippen LogP contribution in [0.25, 0.3) is 11.6 Å². The zero-order valence-corrected chi connectivity index (χ0v) is 99.0. The number of hydrogen-bond donors (Lipinski definition) is 0. The maximum atomic E-state index is 6.19. The number of aryl methyl sites for hydroxylation is 6. The fourth-order valence-electron chi connectivity index (χ4n) is 21.2. The van der Waals surface area contributed by atoms with Gasteiger partial charge in [-0.05, 0) is 179 Å². The van der Waals surface area contributed by atoms with E-state index in [4.69, 9.17) is 38.8 Å². The number of halogens is 8. The predicted molar refractivity (Wildman–Crippen MR) is 631 cm³/mol. The molecule has 18 rings (SSSR count). The SMILES string of the molecule is C=Cc1ccccc1CN(Cc1ccc(Br)cc1)Cc1ccc(Br)cc1.CCc1cccc(CC)c1N1[CH-]C(C)(c2ccccc2)CC1(C)C.CCc1cccc(CC)c1N1[CH-]C(C)(c2ccccc2)CC1(C)C.CCc1cccc(CC)c1N1[CH-]C(C)(c2ccccc2)CC1(C)C.[Cl][Ru]([Cl])=[CH]c1ccccc1CN(Cc1ccc(Br)cc1)Cc1ccc(Br)cc1.[Cl][Ru]([Cl])=[C]1C=C(c2ccccc2)c2ccccc21. The van der Waals surface area contributed by atoms with E-state index in [1.165, 1.54) is 128 Å². The van der Waals surface area contributed by atoms with E-state index in [-0.39, 0.29) is 32.9 Å². The van der Waals surface area contributed by atoms with Gasteiger partial charge in [-0.1, -0.05) is 318 Å². The number of fused-ring (bicyclic) bond motifs is 1. The number of hydrogen-bond acceptors (Lipinski definition) is 5. The van der Waals surface area contributed by atoms with Crippen LogP contribution in [0.15, 0.2) is 376 Å². The summed E-state index contributed by atoms with van der Waals surface area (Å²) >= 11 is 10.3. The molecule has 3 aliphatic heterocycles. The van der Waals surface area contributed by atoms with E-state index in [9.17, 15) is 0 Å². The number of benzene rings is 14. The van der Waals surface area contributed by atoms with E-state index in [0.29, 0.717) is 0 Å². The first-order valence-electron chi connectivity index (χ1n) is 50.4. The van der Waals surface area contributed by atoms with Crippen molar-refractivity contribution >= 4 is 140 Å². The minimum absolute atomic E-state index is 0.0800. The van der Waals surface area contributed by atoms with Crippen LogP contribution in [0.4, 0.5) is 17.1 Å². The Labute approximate surface area is 922 Å². The van der Waals surface area contributed by atoms with Gasteiger partial charge in [0.05, 0.1) is 0 Å². The Hall–Kier alpha value is -8.05. The van der Waals surface area contributed by atoms with Crippen molar-refractivity contribution < 1.29 is 27.0 Å². The molecule has 0 amide bonds. The summed E-state index contributed by atoms with van der Waals surface area (Å²) in [6.45, 7) is 51.6. The normalized spacial score (nSPS) is 17.4. The number of allylic oxidation sites excluding steroid dienone is 1. The summed E-state index contributed by atoms with van der Waals surface area (Å²) in [4.78, 5) is 12.6. The fraction of sp³-hybridized carbons (Fsp3) is 0.279. The zero-order valence-electron chi connectivity index (χ0n) is 86.2. The van der Waals surface area contributed by atoms with Gasteiger partial charge in [0.2, 0.25) is 0 Å². The fourth-order valence-corrected chi connectivity index (χ4v) is 26.7. The topological polar surface area (TPSA) is 16.2 Å². The molecule has 3 fully saturated rings. The van der Waals surface area contributed by atoms with Gasteiger partial charge in [-0.3, -0.25) is 4.90 Å². The zero-order chi connectivity index (χ0) is 103. The molecule has 15 heteroatoms. The molecule has 0 spiro atoms. The van der Waals surface area contributed by atoms with Crippen molar-refractivity contribution in [2.24, 2.45) is 0 Å². The Morgan fingerprint density at radius 1 is 0.306 bits per heavy atom.